The van der Waals surface area contributed by atoms with Crippen molar-refractivity contribution in [2.75, 3.05) is 52.5 Å². The molecule has 0 N–H and O–H groups in total. The first-order chi connectivity index (χ1) is 30.8. The van der Waals surface area contributed by atoms with E-state index in [4.69, 9.17) is 9.47 Å². The molecule has 11 nitrogen and oxygen atoms in total. The van der Waals surface area contributed by atoms with E-state index in [1.165, 1.54) is 64.7 Å². The molecule has 0 saturated carbocycles. The van der Waals surface area contributed by atoms with Gasteiger partial charge in [0, 0.05) is 29.3 Å². The highest BCUT2D eigenvalue weighted by molar-refractivity contribution is 9.10. The van der Waals surface area contributed by atoms with Crippen LogP contribution in [0.5, 0.6) is 11.5 Å². The molecule has 0 spiro atoms. The van der Waals surface area contributed by atoms with E-state index in [2.05, 4.69) is 40.7 Å². The number of ether oxygens (including phenoxy) is 2. The van der Waals surface area contributed by atoms with Gasteiger partial charge < -0.3 is 19.3 Å². The average molecular weight is 911 g/mol. The second-order valence-corrected chi connectivity index (χ2v) is 17.3. The van der Waals surface area contributed by atoms with E-state index < -0.39 is 0 Å². The molecule has 2 saturated heterocycles. The number of aryl methyl sites for hydroxylation is 2. The fourth-order valence-electron chi connectivity index (χ4n) is 8.57. The van der Waals surface area contributed by atoms with Gasteiger partial charge in [0.1, 0.15) is 23.1 Å². The molecule has 12 heteroatoms. The van der Waals surface area contributed by atoms with Crippen molar-refractivity contribution in [1.29, 1.82) is 0 Å². The van der Waals surface area contributed by atoms with E-state index in [9.17, 15) is 9.59 Å². The molecule has 4 aromatic carbocycles. The Labute approximate surface area is 377 Å². The lowest BCUT2D eigenvalue weighted by Gasteiger charge is -2.26. The summed E-state index contributed by atoms with van der Waals surface area (Å²) in [6, 6.07) is 32.4. The molecule has 2 fully saturated rings. The third-order valence-corrected chi connectivity index (χ3v) is 12.3. The molecule has 3 aromatic heterocycles. The quantitative estimate of drug-likeness (QED) is 0.105. The van der Waals surface area contributed by atoms with Crippen LogP contribution in [0.15, 0.2) is 123 Å². The summed E-state index contributed by atoms with van der Waals surface area (Å²) in [6.07, 6.45) is 11.8. The van der Waals surface area contributed by atoms with Gasteiger partial charge in [0.25, 0.3) is 11.1 Å². The Morgan fingerprint density at radius 3 is 1.56 bits per heavy atom. The fourth-order valence-corrected chi connectivity index (χ4v) is 8.93. The van der Waals surface area contributed by atoms with Crippen LogP contribution in [-0.2, 0) is 0 Å². The number of hydrogen-bond acceptors (Lipinski definition) is 9. The van der Waals surface area contributed by atoms with E-state index in [-0.39, 0.29) is 11.1 Å². The Kier molecular flexibility index (Phi) is 14.7. The first-order valence-electron chi connectivity index (χ1n) is 22.4. The Morgan fingerprint density at radius 1 is 0.571 bits per heavy atom. The van der Waals surface area contributed by atoms with Crippen LogP contribution in [0.4, 0.5) is 0 Å². The maximum Gasteiger partial charge on any atom is 0.265 e. The number of nitrogens with zero attached hydrogens (tertiary/aromatic N) is 7. The van der Waals surface area contributed by atoms with E-state index in [0.717, 1.165) is 64.5 Å². The maximum absolute atomic E-state index is 13.4. The normalized spacial score (nSPS) is 14.7. The largest absolute Gasteiger partial charge is 0.494 e. The molecular weight excluding hydrogens is 855 g/mol. The number of fused-ring (bicyclic) bond motifs is 2. The molecule has 5 heterocycles. The zero-order valence-electron chi connectivity index (χ0n) is 36.3. The molecule has 0 bridgehead atoms. The molecule has 9 rings (SSSR count). The van der Waals surface area contributed by atoms with E-state index >= 15 is 0 Å². The minimum absolute atomic E-state index is 0.0657. The zero-order chi connectivity index (χ0) is 43.5. The summed E-state index contributed by atoms with van der Waals surface area (Å²) in [4.78, 5) is 45.2. The van der Waals surface area contributed by atoms with Crippen LogP contribution < -0.4 is 20.6 Å². The summed E-state index contributed by atoms with van der Waals surface area (Å²) in [5.41, 5.74) is 4.55. The molecule has 2 aliphatic rings. The van der Waals surface area contributed by atoms with Gasteiger partial charge >= 0.3 is 0 Å². The number of piperidine rings is 2. The smallest absolute Gasteiger partial charge is 0.265 e. The van der Waals surface area contributed by atoms with E-state index in [1.807, 2.05) is 117 Å². The Hall–Kier alpha value is -5.69. The molecule has 7 aromatic rings. The Morgan fingerprint density at radius 2 is 1.06 bits per heavy atom. The van der Waals surface area contributed by atoms with Crippen molar-refractivity contribution in [2.45, 2.75) is 65.2 Å². The Balaban J connectivity index is 0.000000175. The monoisotopic (exact) mass is 909 g/mol. The minimum atomic E-state index is -0.0875. The maximum atomic E-state index is 13.4. The lowest BCUT2D eigenvalue weighted by atomic mass is 10.1. The van der Waals surface area contributed by atoms with Gasteiger partial charge in [-0.2, -0.15) is 0 Å². The zero-order valence-corrected chi connectivity index (χ0v) is 37.9. The number of halogens is 1. The van der Waals surface area contributed by atoms with Gasteiger partial charge in [-0.25, -0.2) is 9.97 Å². The molecule has 0 aliphatic carbocycles. The van der Waals surface area contributed by atoms with Crippen LogP contribution >= 0.6 is 15.9 Å². The lowest BCUT2D eigenvalue weighted by molar-refractivity contribution is 0.205. The predicted octanol–water partition coefficient (Wildman–Crippen LogP) is 9.72. The van der Waals surface area contributed by atoms with Gasteiger partial charge in [-0.05, 0) is 170 Å². The Bertz CT molecular complexity index is 2730. The van der Waals surface area contributed by atoms with Crippen molar-refractivity contribution in [2.24, 2.45) is 0 Å². The van der Waals surface area contributed by atoms with Gasteiger partial charge in [0.15, 0.2) is 0 Å². The summed E-state index contributed by atoms with van der Waals surface area (Å²) in [5, 5.41) is 1.18. The number of likely N-dealkylation sites (tertiary alicyclic amines) is 2. The van der Waals surface area contributed by atoms with Crippen LogP contribution in [0.25, 0.3) is 44.4 Å². The SMILES string of the molecule is Cc1nc2ccc(-c3ccccn3)cc2c(=O)n1-c1ccc(OCCCN2CCCCC2)cc1.Cc1nc2ccc(Br)cc2c(=O)n1-c1ccc(OCCCN2CCCCC2)cc1. The van der Waals surface area contributed by atoms with Crippen molar-refractivity contribution >= 4 is 37.7 Å². The average Bonchev–Trinajstić information content (AvgIpc) is 3.31. The summed E-state index contributed by atoms with van der Waals surface area (Å²) in [6.45, 7) is 12.2. The minimum Gasteiger partial charge on any atom is -0.494 e. The summed E-state index contributed by atoms with van der Waals surface area (Å²) < 4.78 is 16.0. The van der Waals surface area contributed by atoms with Gasteiger partial charge in [0.2, 0.25) is 0 Å². The van der Waals surface area contributed by atoms with Crippen LogP contribution in [0.2, 0.25) is 0 Å². The number of pyridine rings is 1. The molecule has 0 unspecified atom stereocenters. The van der Waals surface area contributed by atoms with Gasteiger partial charge in [-0.1, -0.05) is 40.9 Å². The van der Waals surface area contributed by atoms with Gasteiger partial charge in [0.05, 0.1) is 52.1 Å². The van der Waals surface area contributed by atoms with Crippen LogP contribution in [0, 0.1) is 13.8 Å². The highest BCUT2D eigenvalue weighted by Crippen LogP contribution is 2.23. The molecule has 0 atom stereocenters. The number of rotatable bonds is 13. The molecule has 326 valence electrons. The van der Waals surface area contributed by atoms with Gasteiger partial charge in [-0.15, -0.1) is 0 Å². The number of benzene rings is 4. The number of aromatic nitrogens is 5. The second-order valence-electron chi connectivity index (χ2n) is 16.4. The van der Waals surface area contributed by atoms with Crippen LogP contribution in [-0.4, -0.2) is 86.4 Å². The summed E-state index contributed by atoms with van der Waals surface area (Å²) >= 11 is 3.44. The third-order valence-electron chi connectivity index (χ3n) is 11.9. The van der Waals surface area contributed by atoms with Crippen molar-refractivity contribution < 1.29 is 9.47 Å². The highest BCUT2D eigenvalue weighted by Gasteiger charge is 2.15. The first kappa shape index (κ1) is 43.9. The van der Waals surface area contributed by atoms with Crippen molar-refractivity contribution in [3.63, 3.8) is 0 Å². The topological polar surface area (TPSA) is 108 Å². The highest BCUT2D eigenvalue weighted by atomic mass is 79.9. The molecule has 0 radical (unpaired) electrons. The summed E-state index contributed by atoms with van der Waals surface area (Å²) in [5.74, 6) is 2.96. The van der Waals surface area contributed by atoms with Crippen molar-refractivity contribution in [1.82, 2.24) is 33.9 Å². The molecule has 0 amide bonds. The number of hydrogen-bond donors (Lipinski definition) is 0. The van der Waals surface area contributed by atoms with Crippen molar-refractivity contribution in [3.8, 4) is 34.1 Å². The van der Waals surface area contributed by atoms with Gasteiger partial charge in [-0.3, -0.25) is 23.7 Å². The lowest BCUT2D eigenvalue weighted by Crippen LogP contribution is -2.31. The molecule has 63 heavy (non-hydrogen) atoms. The standard InChI is InChI=1S/C28H30N4O2.C23H26BrN3O2/c1-21-30-27-14-9-22(26-8-3-4-15-29-26)20-25(27)28(33)32(21)23-10-12-24(13-11-23)34-19-7-18-31-16-5-2-6-17-31;1-17-25-22-11-6-18(24)16-21(22)23(28)27(17)19-7-9-20(10-8-19)29-15-5-14-26-12-3-2-4-13-26/h3-4,8-15,20H,2,5-7,16-19H2,1H3;6-11,16H,2-5,12-15H2,1H3. The summed E-state index contributed by atoms with van der Waals surface area (Å²) in [7, 11) is 0. The van der Waals surface area contributed by atoms with E-state index in [0.29, 0.717) is 46.7 Å². The van der Waals surface area contributed by atoms with Crippen molar-refractivity contribution in [3.05, 3.63) is 146 Å². The van der Waals surface area contributed by atoms with Crippen LogP contribution in [0.3, 0.4) is 0 Å². The predicted molar refractivity (Wildman–Crippen MR) is 256 cm³/mol. The first-order valence-corrected chi connectivity index (χ1v) is 23.1. The van der Waals surface area contributed by atoms with E-state index in [1.54, 1.807) is 15.3 Å². The second kappa shape index (κ2) is 21.1. The molecular formula is C51H56BrN7O4. The van der Waals surface area contributed by atoms with Crippen LogP contribution in [0.1, 0.15) is 63.0 Å². The third kappa shape index (κ3) is 11.1. The molecule has 2 aliphatic heterocycles. The fraction of sp³-hybridized carbons (Fsp3) is 0.353.